The lowest BCUT2D eigenvalue weighted by molar-refractivity contribution is -0.117. The zero-order valence-corrected chi connectivity index (χ0v) is 9.93. The number of carbonyl (C=O) groups excluding carboxylic acids is 1. The molecule has 0 aliphatic rings. The van der Waals surface area contributed by atoms with Crippen molar-refractivity contribution in [2.45, 2.75) is 19.3 Å². The first-order valence-corrected chi connectivity index (χ1v) is 5.69. The maximum Gasteiger partial charge on any atom is 0.239 e. The summed E-state index contributed by atoms with van der Waals surface area (Å²) >= 11 is 0. The van der Waals surface area contributed by atoms with Crippen molar-refractivity contribution >= 4 is 11.6 Å². The van der Waals surface area contributed by atoms with Crippen molar-refractivity contribution < 1.29 is 4.79 Å². The van der Waals surface area contributed by atoms with E-state index >= 15 is 0 Å². The third-order valence-electron chi connectivity index (χ3n) is 2.41. The summed E-state index contributed by atoms with van der Waals surface area (Å²) in [5.41, 5.74) is 0.900. The number of hydrogen-bond donors (Lipinski definition) is 0. The lowest BCUT2D eigenvalue weighted by Crippen LogP contribution is -2.31. The Morgan fingerprint density at radius 2 is 2.12 bits per heavy atom. The van der Waals surface area contributed by atoms with Gasteiger partial charge in [0.1, 0.15) is 0 Å². The summed E-state index contributed by atoms with van der Waals surface area (Å²) in [4.78, 5) is 13.6. The van der Waals surface area contributed by atoms with E-state index in [0.29, 0.717) is 6.54 Å². The molecule has 0 atom stereocenters. The van der Waals surface area contributed by atoms with Crippen LogP contribution in [0.25, 0.3) is 0 Å². The molecule has 2 nitrogen and oxygen atoms in total. The smallest absolute Gasteiger partial charge is 0.239 e. The average Bonchev–Trinajstić information content (AvgIpc) is 2.36. The number of allylic oxidation sites excluding steroid dienone is 1. The normalized spacial score (nSPS) is 9.35. The number of benzene rings is 1. The molecule has 1 amide bonds. The fourth-order valence-electron chi connectivity index (χ4n) is 1.58. The van der Waals surface area contributed by atoms with Crippen molar-refractivity contribution in [1.29, 1.82) is 0 Å². The Labute approximate surface area is 103 Å². The van der Waals surface area contributed by atoms with Gasteiger partial charge in [0, 0.05) is 12.2 Å². The highest BCUT2D eigenvalue weighted by Crippen LogP contribution is 2.15. The minimum atomic E-state index is -0.0252. The number of nitrogens with zero attached hydrogens (tertiary/aromatic N) is 1. The Bertz CT molecular complexity index is 403. The SMILES string of the molecule is C#CCC(=O)N(CCCC=C)c1ccccc1. The minimum absolute atomic E-state index is 0.0252. The van der Waals surface area contributed by atoms with Gasteiger partial charge in [-0.2, -0.15) is 0 Å². The van der Waals surface area contributed by atoms with Crippen LogP contribution in [0.15, 0.2) is 43.0 Å². The molecule has 0 aliphatic carbocycles. The second-order valence-corrected chi connectivity index (χ2v) is 3.69. The summed E-state index contributed by atoms with van der Waals surface area (Å²) in [5, 5.41) is 0. The van der Waals surface area contributed by atoms with Crippen molar-refractivity contribution in [3.8, 4) is 12.3 Å². The van der Waals surface area contributed by atoms with Gasteiger partial charge in [0.15, 0.2) is 0 Å². The maximum absolute atomic E-state index is 11.9. The zero-order chi connectivity index (χ0) is 12.5. The van der Waals surface area contributed by atoms with E-state index in [1.165, 1.54) is 0 Å². The Morgan fingerprint density at radius 3 is 2.71 bits per heavy atom. The molecule has 0 spiro atoms. The van der Waals surface area contributed by atoms with E-state index in [0.717, 1.165) is 18.5 Å². The van der Waals surface area contributed by atoms with Gasteiger partial charge in [0.2, 0.25) is 5.91 Å². The van der Waals surface area contributed by atoms with Gasteiger partial charge in [-0.25, -0.2) is 0 Å². The minimum Gasteiger partial charge on any atom is -0.312 e. The molecule has 0 N–H and O–H groups in total. The molecule has 0 saturated heterocycles. The number of carbonyl (C=O) groups is 1. The Morgan fingerprint density at radius 1 is 1.41 bits per heavy atom. The molecule has 17 heavy (non-hydrogen) atoms. The topological polar surface area (TPSA) is 20.3 Å². The van der Waals surface area contributed by atoms with Crippen LogP contribution in [0.4, 0.5) is 5.69 Å². The van der Waals surface area contributed by atoms with E-state index in [-0.39, 0.29) is 12.3 Å². The van der Waals surface area contributed by atoms with Gasteiger partial charge in [-0.3, -0.25) is 4.79 Å². The molecule has 88 valence electrons. The summed E-state index contributed by atoms with van der Waals surface area (Å²) in [6.07, 6.45) is 8.98. The number of amides is 1. The lowest BCUT2D eigenvalue weighted by atomic mass is 10.2. The average molecular weight is 227 g/mol. The second kappa shape index (κ2) is 7.29. The molecule has 2 heteroatoms. The number of anilines is 1. The summed E-state index contributed by atoms with van der Waals surface area (Å²) in [7, 11) is 0. The quantitative estimate of drug-likeness (QED) is 0.415. The second-order valence-electron chi connectivity index (χ2n) is 3.69. The van der Waals surface area contributed by atoms with Gasteiger partial charge in [0.05, 0.1) is 6.42 Å². The first-order chi connectivity index (χ1) is 8.29. The fraction of sp³-hybridized carbons (Fsp3) is 0.267. The van der Waals surface area contributed by atoms with Gasteiger partial charge in [0.25, 0.3) is 0 Å². The summed E-state index contributed by atoms with van der Waals surface area (Å²) in [5.74, 6) is 2.37. The van der Waals surface area contributed by atoms with E-state index in [1.54, 1.807) is 4.90 Å². The van der Waals surface area contributed by atoms with E-state index in [4.69, 9.17) is 6.42 Å². The van der Waals surface area contributed by atoms with Crippen molar-refractivity contribution in [3.63, 3.8) is 0 Å². The Balaban J connectivity index is 2.76. The summed E-state index contributed by atoms with van der Waals surface area (Å²) in [6, 6.07) is 9.60. The van der Waals surface area contributed by atoms with Crippen LogP contribution in [0.2, 0.25) is 0 Å². The van der Waals surface area contributed by atoms with Crippen molar-refractivity contribution in [2.24, 2.45) is 0 Å². The Hall–Kier alpha value is -2.01. The molecule has 0 fully saturated rings. The summed E-state index contributed by atoms with van der Waals surface area (Å²) in [6.45, 7) is 4.35. The molecule has 0 aliphatic heterocycles. The fourth-order valence-corrected chi connectivity index (χ4v) is 1.58. The molecule has 1 aromatic carbocycles. The number of rotatable bonds is 6. The third-order valence-corrected chi connectivity index (χ3v) is 2.41. The van der Waals surface area contributed by atoms with Crippen molar-refractivity contribution in [1.82, 2.24) is 0 Å². The van der Waals surface area contributed by atoms with Crippen molar-refractivity contribution in [2.75, 3.05) is 11.4 Å². The molecule has 0 unspecified atom stereocenters. The van der Waals surface area contributed by atoms with Gasteiger partial charge in [-0.05, 0) is 25.0 Å². The van der Waals surface area contributed by atoms with E-state index in [2.05, 4.69) is 12.5 Å². The van der Waals surface area contributed by atoms with Gasteiger partial charge in [-0.15, -0.1) is 13.0 Å². The van der Waals surface area contributed by atoms with E-state index in [1.807, 2.05) is 36.4 Å². The van der Waals surface area contributed by atoms with E-state index < -0.39 is 0 Å². The molecule has 1 rings (SSSR count). The highest BCUT2D eigenvalue weighted by molar-refractivity contribution is 5.94. The highest BCUT2D eigenvalue weighted by Gasteiger charge is 2.13. The maximum atomic E-state index is 11.9. The molecule has 1 aromatic rings. The van der Waals surface area contributed by atoms with Crippen LogP contribution in [0.3, 0.4) is 0 Å². The first kappa shape index (κ1) is 13.1. The van der Waals surface area contributed by atoms with Crippen LogP contribution < -0.4 is 4.90 Å². The van der Waals surface area contributed by atoms with Crippen LogP contribution >= 0.6 is 0 Å². The van der Waals surface area contributed by atoms with Gasteiger partial charge in [-0.1, -0.05) is 30.2 Å². The van der Waals surface area contributed by atoms with Crippen molar-refractivity contribution in [3.05, 3.63) is 43.0 Å². The first-order valence-electron chi connectivity index (χ1n) is 5.69. The number of para-hydroxylation sites is 1. The third kappa shape index (κ3) is 4.16. The van der Waals surface area contributed by atoms with Crippen LogP contribution in [0, 0.1) is 12.3 Å². The molecule has 0 bridgehead atoms. The number of hydrogen-bond acceptors (Lipinski definition) is 1. The molecule has 0 aromatic heterocycles. The van der Waals surface area contributed by atoms with Gasteiger partial charge < -0.3 is 4.90 Å². The van der Waals surface area contributed by atoms with Crippen LogP contribution in [-0.2, 0) is 4.79 Å². The molecule has 0 heterocycles. The highest BCUT2D eigenvalue weighted by atomic mass is 16.2. The van der Waals surface area contributed by atoms with E-state index in [9.17, 15) is 4.79 Å². The number of unbranched alkanes of at least 4 members (excludes halogenated alkanes) is 1. The van der Waals surface area contributed by atoms with Crippen LogP contribution in [0.1, 0.15) is 19.3 Å². The largest absolute Gasteiger partial charge is 0.312 e. The lowest BCUT2D eigenvalue weighted by Gasteiger charge is -2.21. The molecule has 0 saturated carbocycles. The standard InChI is InChI=1S/C15H17NO/c1-3-5-9-13-16(15(17)10-4-2)14-11-7-6-8-12-14/h2-3,6-8,11-12H,1,5,9-10,13H2. The van der Waals surface area contributed by atoms with Crippen LogP contribution in [-0.4, -0.2) is 12.5 Å². The predicted molar refractivity (Wildman–Crippen MR) is 71.7 cm³/mol. The monoisotopic (exact) mass is 227 g/mol. The van der Waals surface area contributed by atoms with Crippen LogP contribution in [0.5, 0.6) is 0 Å². The predicted octanol–water partition coefficient (Wildman–Crippen LogP) is 3.01. The molecular weight excluding hydrogens is 210 g/mol. The molecular formula is C15H17NO. The Kier molecular flexibility index (Phi) is 5.60. The molecule has 0 radical (unpaired) electrons. The van der Waals surface area contributed by atoms with Gasteiger partial charge >= 0.3 is 0 Å². The number of terminal acetylenes is 1. The zero-order valence-electron chi connectivity index (χ0n) is 9.93. The summed E-state index contributed by atoms with van der Waals surface area (Å²) < 4.78 is 0.